The van der Waals surface area contributed by atoms with Gasteiger partial charge in [0, 0.05) is 44.8 Å². The first kappa shape index (κ1) is 15.3. The molecule has 5 nitrogen and oxygen atoms in total. The summed E-state index contributed by atoms with van der Waals surface area (Å²) in [6.45, 7) is 11.0. The van der Waals surface area contributed by atoms with Crippen LogP contribution in [0.2, 0.25) is 0 Å². The molecule has 0 fully saturated rings. The average molecular weight is 272 g/mol. The van der Waals surface area contributed by atoms with Crippen LogP contribution in [0.1, 0.15) is 26.5 Å². The zero-order valence-electron chi connectivity index (χ0n) is 11.8. The lowest BCUT2D eigenvalue weighted by Crippen LogP contribution is -2.31. The van der Waals surface area contributed by atoms with Gasteiger partial charge in [0.1, 0.15) is 10.7 Å². The molecule has 0 aromatic carbocycles. The van der Waals surface area contributed by atoms with E-state index in [1.54, 1.807) is 7.11 Å². The number of nitrogens with one attached hydrogen (secondary N) is 1. The molecule has 6 heteroatoms. The average Bonchev–Trinajstić information content (AvgIpc) is 2.73. The molecule has 0 aliphatic carbocycles. The smallest absolute Gasteiger partial charge is 0.134 e. The van der Waals surface area contributed by atoms with Crippen LogP contribution in [0.15, 0.2) is 0 Å². The first-order valence-electron chi connectivity index (χ1n) is 6.43. The minimum Gasteiger partial charge on any atom is -0.383 e. The van der Waals surface area contributed by atoms with Crippen LogP contribution in [-0.2, 0) is 11.3 Å². The van der Waals surface area contributed by atoms with Gasteiger partial charge in [0.05, 0.1) is 6.61 Å². The maximum Gasteiger partial charge on any atom is 0.134 e. The van der Waals surface area contributed by atoms with Crippen LogP contribution in [0.3, 0.4) is 0 Å². The summed E-state index contributed by atoms with van der Waals surface area (Å²) < 4.78 is 9.18. The van der Waals surface area contributed by atoms with Crippen LogP contribution in [-0.4, -0.2) is 47.8 Å². The second kappa shape index (κ2) is 8.39. The van der Waals surface area contributed by atoms with E-state index in [0.29, 0.717) is 5.92 Å². The van der Waals surface area contributed by atoms with Crippen molar-refractivity contribution in [3.05, 3.63) is 5.69 Å². The maximum absolute atomic E-state index is 5.16. The Bertz CT molecular complexity index is 330. The molecule has 0 spiro atoms. The Hall–Kier alpha value is -0.720. The van der Waals surface area contributed by atoms with E-state index in [1.165, 1.54) is 11.5 Å². The molecule has 0 amide bonds. The molecule has 0 aliphatic rings. The topological polar surface area (TPSA) is 50.3 Å². The second-order valence-corrected chi connectivity index (χ2v) is 5.45. The predicted molar refractivity (Wildman–Crippen MR) is 76.1 cm³/mol. The molecule has 1 N–H and O–H groups in total. The van der Waals surface area contributed by atoms with Crippen molar-refractivity contribution in [2.45, 2.75) is 27.3 Å². The number of rotatable bonds is 9. The molecule has 1 aromatic rings. The van der Waals surface area contributed by atoms with Gasteiger partial charge in [-0.25, -0.2) is 0 Å². The highest BCUT2D eigenvalue weighted by atomic mass is 32.1. The highest BCUT2D eigenvalue weighted by Crippen LogP contribution is 2.19. The Morgan fingerprint density at radius 3 is 2.83 bits per heavy atom. The van der Waals surface area contributed by atoms with E-state index in [4.69, 9.17) is 4.74 Å². The number of methoxy groups -OCH3 is 1. The largest absolute Gasteiger partial charge is 0.383 e. The summed E-state index contributed by atoms with van der Waals surface area (Å²) >= 11 is 1.43. The zero-order valence-corrected chi connectivity index (χ0v) is 12.6. The van der Waals surface area contributed by atoms with Crippen molar-refractivity contribution in [3.63, 3.8) is 0 Å². The molecule has 0 aliphatic heterocycles. The van der Waals surface area contributed by atoms with Crippen molar-refractivity contribution >= 4 is 16.5 Å². The lowest BCUT2D eigenvalue weighted by Gasteiger charge is -2.23. The number of nitrogens with zero attached hydrogens (tertiary/aromatic N) is 3. The Morgan fingerprint density at radius 2 is 2.22 bits per heavy atom. The van der Waals surface area contributed by atoms with E-state index in [2.05, 4.69) is 40.6 Å². The van der Waals surface area contributed by atoms with Crippen LogP contribution in [0.5, 0.6) is 0 Å². The predicted octanol–water partition coefficient (Wildman–Crippen LogP) is 2.07. The molecule has 0 saturated carbocycles. The standard InChI is InChI=1S/C12H24N4OS/c1-5-13-12-11(14-15-18-12)9-16(6-7-17-4)8-10(2)3/h10,13H,5-9H2,1-4H3. The van der Waals surface area contributed by atoms with Crippen LogP contribution in [0.4, 0.5) is 5.00 Å². The van der Waals surface area contributed by atoms with Gasteiger partial charge in [-0.05, 0) is 12.8 Å². The van der Waals surface area contributed by atoms with E-state index in [9.17, 15) is 0 Å². The third kappa shape index (κ3) is 5.29. The first-order valence-corrected chi connectivity index (χ1v) is 7.21. The van der Waals surface area contributed by atoms with Gasteiger partial charge in [-0.3, -0.25) is 4.90 Å². The summed E-state index contributed by atoms with van der Waals surface area (Å²) in [6, 6.07) is 0. The number of anilines is 1. The third-order valence-electron chi connectivity index (χ3n) is 2.50. The normalized spacial score (nSPS) is 11.4. The van der Waals surface area contributed by atoms with Crippen molar-refractivity contribution in [2.24, 2.45) is 5.92 Å². The molecule has 1 rings (SSSR count). The lowest BCUT2D eigenvalue weighted by molar-refractivity contribution is 0.135. The van der Waals surface area contributed by atoms with Crippen molar-refractivity contribution in [1.29, 1.82) is 0 Å². The fourth-order valence-corrected chi connectivity index (χ4v) is 2.43. The summed E-state index contributed by atoms with van der Waals surface area (Å²) in [5.41, 5.74) is 1.04. The molecule has 18 heavy (non-hydrogen) atoms. The van der Waals surface area contributed by atoms with Gasteiger partial charge in [-0.2, -0.15) is 0 Å². The van der Waals surface area contributed by atoms with Gasteiger partial charge >= 0.3 is 0 Å². The zero-order chi connectivity index (χ0) is 13.4. The molecule has 104 valence electrons. The monoisotopic (exact) mass is 272 g/mol. The lowest BCUT2D eigenvalue weighted by atomic mass is 10.2. The van der Waals surface area contributed by atoms with E-state index in [0.717, 1.165) is 43.5 Å². The molecule has 0 unspecified atom stereocenters. The Balaban J connectivity index is 2.59. The SMILES string of the molecule is CCNc1snnc1CN(CCOC)CC(C)C. The number of aromatic nitrogens is 2. The van der Waals surface area contributed by atoms with Gasteiger partial charge in [0.2, 0.25) is 0 Å². The Kier molecular flexibility index (Phi) is 7.15. The maximum atomic E-state index is 5.16. The number of ether oxygens (including phenoxy) is 1. The van der Waals surface area contributed by atoms with Crippen molar-refractivity contribution < 1.29 is 4.74 Å². The highest BCUT2D eigenvalue weighted by Gasteiger charge is 2.13. The highest BCUT2D eigenvalue weighted by molar-refractivity contribution is 7.10. The third-order valence-corrected chi connectivity index (χ3v) is 3.23. The van der Waals surface area contributed by atoms with Crippen LogP contribution >= 0.6 is 11.5 Å². The summed E-state index contributed by atoms with van der Waals surface area (Å²) in [7, 11) is 1.74. The van der Waals surface area contributed by atoms with Gasteiger partial charge in [-0.15, -0.1) is 5.10 Å². The van der Waals surface area contributed by atoms with Crippen LogP contribution in [0, 0.1) is 5.92 Å². The second-order valence-electron chi connectivity index (χ2n) is 4.70. The van der Waals surface area contributed by atoms with E-state index < -0.39 is 0 Å². The molecular formula is C12H24N4OS. The fraction of sp³-hybridized carbons (Fsp3) is 0.833. The van der Waals surface area contributed by atoms with Crippen molar-refractivity contribution in [1.82, 2.24) is 14.5 Å². The van der Waals surface area contributed by atoms with E-state index >= 15 is 0 Å². The molecule has 0 saturated heterocycles. The Labute approximate surface area is 114 Å². The summed E-state index contributed by atoms with van der Waals surface area (Å²) in [4.78, 5) is 2.37. The van der Waals surface area contributed by atoms with Gasteiger partial charge in [-0.1, -0.05) is 18.3 Å². The molecule has 0 bridgehead atoms. The minimum atomic E-state index is 0.635. The summed E-state index contributed by atoms with van der Waals surface area (Å²) in [6.07, 6.45) is 0. The summed E-state index contributed by atoms with van der Waals surface area (Å²) in [5, 5.41) is 8.61. The van der Waals surface area contributed by atoms with Crippen LogP contribution < -0.4 is 5.32 Å². The number of hydrogen-bond acceptors (Lipinski definition) is 6. The molecular weight excluding hydrogens is 248 g/mol. The first-order chi connectivity index (χ1) is 8.67. The Morgan fingerprint density at radius 1 is 1.44 bits per heavy atom. The molecule has 1 aromatic heterocycles. The number of hydrogen-bond donors (Lipinski definition) is 1. The molecule has 1 heterocycles. The quantitative estimate of drug-likeness (QED) is 0.746. The minimum absolute atomic E-state index is 0.635. The van der Waals surface area contributed by atoms with E-state index in [1.807, 2.05) is 0 Å². The molecule has 0 radical (unpaired) electrons. The van der Waals surface area contributed by atoms with Gasteiger partial charge < -0.3 is 10.1 Å². The van der Waals surface area contributed by atoms with E-state index in [-0.39, 0.29) is 0 Å². The van der Waals surface area contributed by atoms with Crippen molar-refractivity contribution in [3.8, 4) is 0 Å². The van der Waals surface area contributed by atoms with Gasteiger partial charge in [0.15, 0.2) is 0 Å². The molecule has 0 atom stereocenters. The fourth-order valence-electron chi connectivity index (χ4n) is 1.79. The van der Waals surface area contributed by atoms with Crippen molar-refractivity contribution in [2.75, 3.05) is 38.7 Å². The van der Waals surface area contributed by atoms with Gasteiger partial charge in [0.25, 0.3) is 0 Å². The summed E-state index contributed by atoms with van der Waals surface area (Å²) in [5.74, 6) is 0.635. The van der Waals surface area contributed by atoms with Crippen LogP contribution in [0.25, 0.3) is 0 Å².